The van der Waals surface area contributed by atoms with E-state index in [0.717, 1.165) is 17.1 Å². The number of aliphatic hydroxyl groups is 1. The zero-order valence-electron chi connectivity index (χ0n) is 13.0. The largest absolute Gasteiger partial charge is 0.497 e. The van der Waals surface area contributed by atoms with Crippen LogP contribution < -0.4 is 4.74 Å². The van der Waals surface area contributed by atoms with Crippen LogP contribution in [0.5, 0.6) is 5.75 Å². The van der Waals surface area contributed by atoms with Crippen molar-refractivity contribution in [1.82, 2.24) is 9.78 Å². The fourth-order valence-corrected chi connectivity index (χ4v) is 2.39. The van der Waals surface area contributed by atoms with Gasteiger partial charge in [-0.25, -0.2) is 9.07 Å². The second-order valence-electron chi connectivity index (χ2n) is 5.25. The number of aliphatic hydroxyl groups excluding tert-OH is 1. The minimum atomic E-state index is -0.268. The number of benzene rings is 2. The molecule has 0 spiro atoms. The molecule has 0 fully saturated rings. The van der Waals surface area contributed by atoms with Gasteiger partial charge in [0.15, 0.2) is 0 Å². The van der Waals surface area contributed by atoms with E-state index in [1.54, 1.807) is 30.8 Å². The summed E-state index contributed by atoms with van der Waals surface area (Å²) in [7, 11) is 1.60. The van der Waals surface area contributed by atoms with Crippen LogP contribution in [0.25, 0.3) is 16.9 Å². The number of hydrogen-bond acceptors (Lipinski definition) is 3. The van der Waals surface area contributed by atoms with Gasteiger partial charge in [-0.3, -0.25) is 0 Å². The lowest BCUT2D eigenvalue weighted by atomic mass is 10.1. The predicted molar refractivity (Wildman–Crippen MR) is 86.2 cm³/mol. The molecule has 0 unspecified atom stereocenters. The maximum absolute atomic E-state index is 13.9. The van der Waals surface area contributed by atoms with E-state index in [9.17, 15) is 9.50 Å². The molecule has 0 amide bonds. The molecule has 5 heteroatoms. The minimum Gasteiger partial charge on any atom is -0.497 e. The van der Waals surface area contributed by atoms with Gasteiger partial charge in [-0.05, 0) is 48.9 Å². The first-order chi connectivity index (χ1) is 11.1. The van der Waals surface area contributed by atoms with Gasteiger partial charge in [-0.2, -0.15) is 5.10 Å². The number of aryl methyl sites for hydroxylation is 1. The van der Waals surface area contributed by atoms with Gasteiger partial charge < -0.3 is 9.84 Å². The molecule has 1 N–H and O–H groups in total. The summed E-state index contributed by atoms with van der Waals surface area (Å²) in [4.78, 5) is 0. The Kier molecular flexibility index (Phi) is 4.12. The van der Waals surface area contributed by atoms with Crippen molar-refractivity contribution in [1.29, 1.82) is 0 Å². The molecule has 3 rings (SSSR count). The smallest absolute Gasteiger partial charge is 0.126 e. The van der Waals surface area contributed by atoms with Crippen LogP contribution >= 0.6 is 0 Å². The Labute approximate surface area is 133 Å². The van der Waals surface area contributed by atoms with E-state index in [4.69, 9.17) is 4.74 Å². The molecule has 23 heavy (non-hydrogen) atoms. The lowest BCUT2D eigenvalue weighted by Crippen LogP contribution is -2.00. The SMILES string of the molecule is COc1ccc(-n2nc(CO)cc2-c2ccc(C)c(F)c2)cc1. The van der Waals surface area contributed by atoms with E-state index in [-0.39, 0.29) is 12.4 Å². The fourth-order valence-electron chi connectivity index (χ4n) is 2.39. The topological polar surface area (TPSA) is 47.3 Å². The highest BCUT2D eigenvalue weighted by molar-refractivity contribution is 5.63. The van der Waals surface area contributed by atoms with Gasteiger partial charge >= 0.3 is 0 Å². The van der Waals surface area contributed by atoms with Crippen LogP contribution in [-0.4, -0.2) is 22.0 Å². The second-order valence-corrected chi connectivity index (χ2v) is 5.25. The molecule has 0 saturated heterocycles. The van der Waals surface area contributed by atoms with Crippen LogP contribution in [-0.2, 0) is 6.61 Å². The third-order valence-electron chi connectivity index (χ3n) is 3.71. The summed E-state index contributed by atoms with van der Waals surface area (Å²) in [6, 6.07) is 14.2. The van der Waals surface area contributed by atoms with Crippen molar-refractivity contribution in [2.75, 3.05) is 7.11 Å². The quantitative estimate of drug-likeness (QED) is 0.802. The fraction of sp³-hybridized carbons (Fsp3) is 0.167. The monoisotopic (exact) mass is 312 g/mol. The van der Waals surface area contributed by atoms with E-state index < -0.39 is 0 Å². The van der Waals surface area contributed by atoms with Gasteiger partial charge in [0.2, 0.25) is 0 Å². The lowest BCUT2D eigenvalue weighted by molar-refractivity contribution is 0.276. The van der Waals surface area contributed by atoms with Gasteiger partial charge in [-0.1, -0.05) is 12.1 Å². The lowest BCUT2D eigenvalue weighted by Gasteiger charge is -2.09. The molecule has 0 atom stereocenters. The van der Waals surface area contributed by atoms with E-state index in [1.165, 1.54) is 6.07 Å². The van der Waals surface area contributed by atoms with Crippen LogP contribution in [0.4, 0.5) is 4.39 Å². The highest BCUT2D eigenvalue weighted by Crippen LogP contribution is 2.26. The molecule has 4 nitrogen and oxygen atoms in total. The first-order valence-electron chi connectivity index (χ1n) is 7.23. The first kappa shape index (κ1) is 15.2. The third-order valence-corrected chi connectivity index (χ3v) is 3.71. The number of hydrogen-bond donors (Lipinski definition) is 1. The maximum Gasteiger partial charge on any atom is 0.126 e. The molecule has 0 bridgehead atoms. The average molecular weight is 312 g/mol. The number of aromatic nitrogens is 2. The Bertz CT molecular complexity index is 826. The molecule has 0 saturated carbocycles. The Balaban J connectivity index is 2.12. The molecular formula is C18H17FN2O2. The number of ether oxygens (including phenoxy) is 1. The van der Waals surface area contributed by atoms with Crippen molar-refractivity contribution in [2.45, 2.75) is 13.5 Å². The second kappa shape index (κ2) is 6.22. The Morgan fingerprint density at radius 2 is 1.87 bits per heavy atom. The van der Waals surface area contributed by atoms with E-state index in [1.807, 2.05) is 30.3 Å². The van der Waals surface area contributed by atoms with E-state index in [2.05, 4.69) is 5.10 Å². The molecule has 118 valence electrons. The highest BCUT2D eigenvalue weighted by atomic mass is 19.1. The molecule has 2 aromatic carbocycles. The van der Waals surface area contributed by atoms with Gasteiger partial charge in [0, 0.05) is 5.56 Å². The number of methoxy groups -OCH3 is 1. The summed E-state index contributed by atoms with van der Waals surface area (Å²) >= 11 is 0. The summed E-state index contributed by atoms with van der Waals surface area (Å²) in [6.07, 6.45) is 0. The molecular weight excluding hydrogens is 295 g/mol. The Morgan fingerprint density at radius 1 is 1.13 bits per heavy atom. The summed E-state index contributed by atoms with van der Waals surface area (Å²) in [6.45, 7) is 1.55. The molecule has 0 aliphatic heterocycles. The van der Waals surface area contributed by atoms with Crippen molar-refractivity contribution in [3.8, 4) is 22.7 Å². The Morgan fingerprint density at radius 3 is 2.48 bits per heavy atom. The summed E-state index contributed by atoms with van der Waals surface area (Å²) in [5, 5.41) is 13.8. The summed E-state index contributed by atoms with van der Waals surface area (Å²) in [5.41, 5.74) is 3.35. The number of rotatable bonds is 4. The van der Waals surface area contributed by atoms with Gasteiger partial charge in [0.05, 0.1) is 30.8 Å². The van der Waals surface area contributed by atoms with Crippen molar-refractivity contribution < 1.29 is 14.2 Å². The predicted octanol–water partition coefficient (Wildman–Crippen LogP) is 3.49. The maximum atomic E-state index is 13.9. The van der Waals surface area contributed by atoms with Crippen LogP contribution in [0, 0.1) is 12.7 Å². The Hall–Kier alpha value is -2.66. The zero-order valence-corrected chi connectivity index (χ0v) is 13.0. The van der Waals surface area contributed by atoms with Crippen LogP contribution in [0.1, 0.15) is 11.3 Å². The van der Waals surface area contributed by atoms with E-state index in [0.29, 0.717) is 16.8 Å². The first-order valence-corrected chi connectivity index (χ1v) is 7.23. The third kappa shape index (κ3) is 2.96. The number of nitrogens with zero attached hydrogens (tertiary/aromatic N) is 2. The van der Waals surface area contributed by atoms with Crippen LogP contribution in [0.3, 0.4) is 0 Å². The normalized spacial score (nSPS) is 10.8. The van der Waals surface area contributed by atoms with Crippen molar-refractivity contribution in [3.63, 3.8) is 0 Å². The minimum absolute atomic E-state index is 0.176. The molecule has 1 aromatic heterocycles. The molecule has 0 aliphatic rings. The standard InChI is InChI=1S/C18H17FN2O2/c1-12-3-4-13(9-17(12)19)18-10-14(11-22)20-21(18)15-5-7-16(23-2)8-6-15/h3-10,22H,11H2,1-2H3. The van der Waals surface area contributed by atoms with Crippen LogP contribution in [0.15, 0.2) is 48.5 Å². The van der Waals surface area contributed by atoms with Gasteiger partial charge in [0.1, 0.15) is 11.6 Å². The van der Waals surface area contributed by atoms with Crippen LogP contribution in [0.2, 0.25) is 0 Å². The van der Waals surface area contributed by atoms with Crippen molar-refractivity contribution >= 4 is 0 Å². The van der Waals surface area contributed by atoms with Gasteiger partial charge in [-0.15, -0.1) is 0 Å². The molecule has 0 radical (unpaired) electrons. The average Bonchev–Trinajstić information content (AvgIpc) is 3.02. The van der Waals surface area contributed by atoms with Crippen molar-refractivity contribution in [3.05, 3.63) is 65.6 Å². The molecule has 3 aromatic rings. The highest BCUT2D eigenvalue weighted by Gasteiger charge is 2.13. The van der Waals surface area contributed by atoms with Gasteiger partial charge in [0.25, 0.3) is 0 Å². The van der Waals surface area contributed by atoms with E-state index >= 15 is 0 Å². The molecule has 1 heterocycles. The molecule has 0 aliphatic carbocycles. The zero-order chi connectivity index (χ0) is 16.4. The number of halogens is 1. The van der Waals surface area contributed by atoms with Crippen molar-refractivity contribution in [2.24, 2.45) is 0 Å². The summed E-state index contributed by atoms with van der Waals surface area (Å²) < 4.78 is 20.7. The summed E-state index contributed by atoms with van der Waals surface area (Å²) in [5.74, 6) is 0.474.